The minimum absolute atomic E-state index is 0.0115. The normalized spacial score (nSPS) is 25.7. The minimum Gasteiger partial charge on any atom is -0.367 e. The van der Waals surface area contributed by atoms with Crippen LogP contribution in [0.4, 0.5) is 19.0 Å². The van der Waals surface area contributed by atoms with Gasteiger partial charge in [0.15, 0.2) is 6.04 Å². The molecular formula is C20H26F3N5. The van der Waals surface area contributed by atoms with E-state index >= 15 is 0 Å². The van der Waals surface area contributed by atoms with Crippen LogP contribution in [0.25, 0.3) is 0 Å². The van der Waals surface area contributed by atoms with Gasteiger partial charge in [0, 0.05) is 24.8 Å². The molecule has 152 valence electrons. The maximum absolute atomic E-state index is 13.7. The van der Waals surface area contributed by atoms with Crippen LogP contribution < -0.4 is 5.32 Å². The van der Waals surface area contributed by atoms with Gasteiger partial charge in [0.1, 0.15) is 5.82 Å². The summed E-state index contributed by atoms with van der Waals surface area (Å²) in [5, 5.41) is 7.71. The first kappa shape index (κ1) is 19.2. The zero-order valence-corrected chi connectivity index (χ0v) is 16.2. The van der Waals surface area contributed by atoms with Crippen molar-refractivity contribution in [2.45, 2.75) is 64.0 Å². The Morgan fingerprint density at radius 3 is 2.79 bits per heavy atom. The van der Waals surface area contributed by atoms with Crippen LogP contribution in [0.2, 0.25) is 0 Å². The maximum atomic E-state index is 13.7. The molecule has 3 atom stereocenters. The number of halogens is 3. The number of rotatable bonds is 4. The Labute approximate surface area is 162 Å². The molecule has 2 aliphatic heterocycles. The molecule has 2 aliphatic rings. The lowest BCUT2D eigenvalue weighted by Gasteiger charge is -2.35. The van der Waals surface area contributed by atoms with Crippen molar-refractivity contribution in [3.8, 4) is 0 Å². The molecule has 0 amide bonds. The van der Waals surface area contributed by atoms with E-state index in [9.17, 15) is 13.2 Å². The fourth-order valence-corrected chi connectivity index (χ4v) is 4.27. The molecular weight excluding hydrogens is 367 g/mol. The van der Waals surface area contributed by atoms with E-state index in [4.69, 9.17) is 0 Å². The molecule has 0 bridgehead atoms. The second-order valence-corrected chi connectivity index (χ2v) is 8.14. The Hall–Kier alpha value is -2.09. The summed E-state index contributed by atoms with van der Waals surface area (Å²) < 4.78 is 42.3. The fraction of sp³-hybridized carbons (Fsp3) is 0.600. The smallest absolute Gasteiger partial charge is 0.367 e. The summed E-state index contributed by atoms with van der Waals surface area (Å²) in [5.41, 5.74) is 1.68. The first-order valence-corrected chi connectivity index (χ1v) is 9.89. The minimum atomic E-state index is -4.31. The van der Waals surface area contributed by atoms with E-state index in [0.717, 1.165) is 35.5 Å². The average molecular weight is 393 g/mol. The highest BCUT2D eigenvalue weighted by molar-refractivity contribution is 5.42. The summed E-state index contributed by atoms with van der Waals surface area (Å²) >= 11 is 0. The average Bonchev–Trinajstić information content (AvgIpc) is 3.26. The van der Waals surface area contributed by atoms with Crippen molar-refractivity contribution in [3.05, 3.63) is 41.9 Å². The van der Waals surface area contributed by atoms with Gasteiger partial charge in [0.05, 0.1) is 17.4 Å². The summed E-state index contributed by atoms with van der Waals surface area (Å²) in [5.74, 6) is 0.594. The summed E-state index contributed by atoms with van der Waals surface area (Å²) in [7, 11) is 0. The van der Waals surface area contributed by atoms with Crippen LogP contribution in [0.15, 0.2) is 30.5 Å². The van der Waals surface area contributed by atoms with E-state index < -0.39 is 12.2 Å². The summed E-state index contributed by atoms with van der Waals surface area (Å²) in [6.45, 7) is 5.47. The number of hydrogen-bond donors (Lipinski definition) is 1. The van der Waals surface area contributed by atoms with Crippen molar-refractivity contribution in [2.75, 3.05) is 11.9 Å². The molecule has 0 saturated carbocycles. The van der Waals surface area contributed by atoms with Gasteiger partial charge in [-0.05, 0) is 43.9 Å². The number of pyridine rings is 1. The van der Waals surface area contributed by atoms with Gasteiger partial charge < -0.3 is 5.32 Å². The Bertz CT molecular complexity index is 802. The molecule has 28 heavy (non-hydrogen) atoms. The maximum Gasteiger partial charge on any atom is 0.410 e. The molecule has 0 radical (unpaired) electrons. The number of nitrogens with one attached hydrogen (secondary N) is 1. The first-order valence-electron chi connectivity index (χ1n) is 9.89. The monoisotopic (exact) mass is 393 g/mol. The summed E-state index contributed by atoms with van der Waals surface area (Å²) in [6.07, 6.45) is -0.633. The highest BCUT2D eigenvalue weighted by Crippen LogP contribution is 2.42. The Balaban J connectivity index is 1.61. The number of nitrogens with zero attached hydrogens (tertiary/aromatic N) is 4. The van der Waals surface area contributed by atoms with Crippen LogP contribution in [-0.4, -0.2) is 38.4 Å². The second-order valence-electron chi connectivity index (χ2n) is 8.14. The third-order valence-corrected chi connectivity index (χ3v) is 5.84. The number of likely N-dealkylation sites (tertiary alicyclic amines) is 1. The molecule has 2 aromatic heterocycles. The predicted molar refractivity (Wildman–Crippen MR) is 101 cm³/mol. The van der Waals surface area contributed by atoms with Crippen molar-refractivity contribution in [3.63, 3.8) is 0 Å². The Morgan fingerprint density at radius 2 is 2.11 bits per heavy atom. The predicted octanol–water partition coefficient (Wildman–Crippen LogP) is 4.56. The van der Waals surface area contributed by atoms with Gasteiger partial charge in [-0.3, -0.25) is 9.88 Å². The largest absolute Gasteiger partial charge is 0.410 e. The first-order chi connectivity index (χ1) is 13.3. The highest BCUT2D eigenvalue weighted by atomic mass is 19.4. The van der Waals surface area contributed by atoms with Gasteiger partial charge in [-0.15, -0.1) is 0 Å². The van der Waals surface area contributed by atoms with Crippen LogP contribution >= 0.6 is 0 Å². The zero-order valence-electron chi connectivity index (χ0n) is 16.2. The van der Waals surface area contributed by atoms with Gasteiger partial charge in [-0.1, -0.05) is 19.9 Å². The van der Waals surface area contributed by atoms with Crippen LogP contribution in [0.5, 0.6) is 0 Å². The lowest BCUT2D eigenvalue weighted by molar-refractivity contribution is -0.174. The second kappa shape index (κ2) is 7.39. The molecule has 0 unspecified atom stereocenters. The van der Waals surface area contributed by atoms with Crippen molar-refractivity contribution in [1.29, 1.82) is 0 Å². The van der Waals surface area contributed by atoms with E-state index in [-0.39, 0.29) is 24.4 Å². The zero-order chi connectivity index (χ0) is 19.9. The van der Waals surface area contributed by atoms with Crippen LogP contribution in [-0.2, 0) is 6.54 Å². The van der Waals surface area contributed by atoms with Crippen molar-refractivity contribution >= 4 is 5.82 Å². The number of alkyl halides is 3. The molecule has 4 rings (SSSR count). The quantitative estimate of drug-likeness (QED) is 0.827. The van der Waals surface area contributed by atoms with E-state index in [1.807, 2.05) is 38.1 Å². The molecule has 1 N–H and O–H groups in total. The molecule has 0 aliphatic carbocycles. The van der Waals surface area contributed by atoms with Gasteiger partial charge in [0.2, 0.25) is 0 Å². The van der Waals surface area contributed by atoms with Crippen molar-refractivity contribution in [1.82, 2.24) is 19.7 Å². The summed E-state index contributed by atoms with van der Waals surface area (Å²) in [6, 6.07) is 5.85. The topological polar surface area (TPSA) is 46.0 Å². The third kappa shape index (κ3) is 3.74. The summed E-state index contributed by atoms with van der Waals surface area (Å²) in [4.78, 5) is 6.64. The Kier molecular flexibility index (Phi) is 5.07. The Morgan fingerprint density at radius 1 is 1.29 bits per heavy atom. The molecule has 4 heterocycles. The van der Waals surface area contributed by atoms with Gasteiger partial charge in [-0.2, -0.15) is 18.3 Å². The molecule has 0 spiro atoms. The number of anilines is 1. The van der Waals surface area contributed by atoms with Gasteiger partial charge in [-0.25, -0.2) is 4.68 Å². The molecule has 5 nitrogen and oxygen atoms in total. The highest BCUT2D eigenvalue weighted by Gasteiger charge is 2.47. The van der Waals surface area contributed by atoms with E-state index in [1.165, 1.54) is 0 Å². The number of fused-ring (bicyclic) bond motifs is 1. The van der Waals surface area contributed by atoms with E-state index in [0.29, 0.717) is 12.4 Å². The standard InChI is InChI=1S/C20H26F3N5/c1-13(2)15-10-18(20(21,22)23)28-19(25-15)11-16(26-28)17-7-5-9-27(17)12-14-6-3-4-8-24-14/h3-4,6,8,11,13,15,17-18,25H,5,7,9-10,12H2,1-2H3/t15-,17-,18+/m0/s1. The molecule has 1 saturated heterocycles. The van der Waals surface area contributed by atoms with E-state index in [2.05, 4.69) is 20.3 Å². The third-order valence-electron chi connectivity index (χ3n) is 5.84. The van der Waals surface area contributed by atoms with Crippen molar-refractivity contribution in [2.24, 2.45) is 5.92 Å². The van der Waals surface area contributed by atoms with Crippen LogP contribution in [0.1, 0.15) is 56.6 Å². The number of aromatic nitrogens is 3. The molecule has 2 aromatic rings. The van der Waals surface area contributed by atoms with Gasteiger partial charge in [0.25, 0.3) is 0 Å². The van der Waals surface area contributed by atoms with Crippen molar-refractivity contribution < 1.29 is 13.2 Å². The SMILES string of the molecule is CC(C)[C@@H]1C[C@H](C(F)(F)F)n2nc([C@@H]3CCCN3Cc3ccccn3)cc2N1. The number of hydrogen-bond acceptors (Lipinski definition) is 4. The molecule has 1 fully saturated rings. The van der Waals surface area contributed by atoms with E-state index in [1.54, 1.807) is 6.20 Å². The molecule has 8 heteroatoms. The van der Waals surface area contributed by atoms with Crippen LogP contribution in [0, 0.1) is 5.92 Å². The lowest BCUT2D eigenvalue weighted by atomic mass is 9.94. The van der Waals surface area contributed by atoms with Gasteiger partial charge >= 0.3 is 6.18 Å². The fourth-order valence-electron chi connectivity index (χ4n) is 4.27. The lowest BCUT2D eigenvalue weighted by Crippen LogP contribution is -2.41. The van der Waals surface area contributed by atoms with Crippen LogP contribution in [0.3, 0.4) is 0 Å². The molecule has 0 aromatic carbocycles.